The van der Waals surface area contributed by atoms with Crippen LogP contribution in [0.3, 0.4) is 0 Å². The molecule has 0 aliphatic carbocycles. The van der Waals surface area contributed by atoms with E-state index in [4.69, 9.17) is 5.53 Å². The molecule has 1 rings (SSSR count). The van der Waals surface area contributed by atoms with E-state index in [0.717, 1.165) is 0 Å². The van der Waals surface area contributed by atoms with Crippen molar-refractivity contribution in [3.8, 4) is 0 Å². The maximum atomic E-state index is 13.1. The third-order valence-corrected chi connectivity index (χ3v) is 6.92. The maximum Gasteiger partial charge on any atom is 0.326 e. The van der Waals surface area contributed by atoms with Crippen molar-refractivity contribution in [2.24, 2.45) is 5.11 Å². The molecule has 0 bridgehead atoms. The molecular formula is C22H32N6O5S3. The molecule has 0 aromatic heterocycles. The zero-order valence-corrected chi connectivity index (χ0v) is 22.9. The molecule has 1 aromatic carbocycles. The monoisotopic (exact) mass is 556 g/mol. The van der Waals surface area contributed by atoms with Gasteiger partial charge in [-0.2, -0.15) is 35.3 Å². The third-order valence-electron chi connectivity index (χ3n) is 4.99. The van der Waals surface area contributed by atoms with Crippen LogP contribution in [0.15, 0.2) is 29.4 Å². The third kappa shape index (κ3) is 11.5. The summed E-state index contributed by atoms with van der Waals surface area (Å²) < 4.78 is 0. The van der Waals surface area contributed by atoms with Gasteiger partial charge in [-0.15, -0.1) is 0 Å². The van der Waals surface area contributed by atoms with E-state index in [0.29, 0.717) is 35.8 Å². The first-order valence-corrected chi connectivity index (χ1v) is 15.2. The van der Waals surface area contributed by atoms with Crippen molar-refractivity contribution in [2.45, 2.75) is 37.4 Å². The molecule has 0 saturated heterocycles. The summed E-state index contributed by atoms with van der Waals surface area (Å²) in [6, 6.07) is 3.04. The van der Waals surface area contributed by atoms with Crippen molar-refractivity contribution in [1.82, 2.24) is 16.0 Å². The Labute approximate surface area is 223 Å². The molecule has 0 spiro atoms. The Morgan fingerprint density at radius 1 is 0.833 bits per heavy atom. The number of amides is 3. The summed E-state index contributed by atoms with van der Waals surface area (Å²) in [5, 5.41) is 20.8. The smallest absolute Gasteiger partial charge is 0.326 e. The standard InChI is InChI=1S/C22H32N6O5S3/c1-34-11-8-16(24-19(29)14-4-6-15(7-5-14)27-28-23)20(30)25-17(9-12-35-2)21(31)26-18(22(32)33)10-13-36-3/h4-7,16-18H,8-13H2,1-3H3,(H,24,29)(H,25,30)(H,26,31)(H,32,33)/t16-,17-,18-/m0/s1. The van der Waals surface area contributed by atoms with Gasteiger partial charge < -0.3 is 21.1 Å². The quantitative estimate of drug-likeness (QED) is 0.129. The van der Waals surface area contributed by atoms with E-state index in [1.807, 2.05) is 18.8 Å². The predicted molar refractivity (Wildman–Crippen MR) is 147 cm³/mol. The minimum Gasteiger partial charge on any atom is -0.480 e. The molecule has 3 atom stereocenters. The minimum absolute atomic E-state index is 0.260. The molecule has 0 fully saturated rings. The molecular weight excluding hydrogens is 524 g/mol. The van der Waals surface area contributed by atoms with Gasteiger partial charge in [0.2, 0.25) is 11.8 Å². The second kappa shape index (κ2) is 17.8. The Bertz CT molecular complexity index is 927. The largest absolute Gasteiger partial charge is 0.480 e. The van der Waals surface area contributed by atoms with E-state index in [1.165, 1.54) is 59.6 Å². The highest BCUT2D eigenvalue weighted by molar-refractivity contribution is 7.98. The summed E-state index contributed by atoms with van der Waals surface area (Å²) in [7, 11) is 0. The van der Waals surface area contributed by atoms with Crippen LogP contribution in [0.2, 0.25) is 0 Å². The van der Waals surface area contributed by atoms with Crippen LogP contribution in [0.5, 0.6) is 0 Å². The Hall–Kier alpha value is -2.54. The Kier molecular flexibility index (Phi) is 15.6. The summed E-state index contributed by atoms with van der Waals surface area (Å²) in [6.07, 6.45) is 6.48. The lowest BCUT2D eigenvalue weighted by Gasteiger charge is -2.24. The van der Waals surface area contributed by atoms with Crippen LogP contribution in [0, 0.1) is 0 Å². The second-order valence-corrected chi connectivity index (χ2v) is 10.5. The van der Waals surface area contributed by atoms with Gasteiger partial charge in [0.25, 0.3) is 5.91 Å². The number of nitrogens with one attached hydrogen (secondary N) is 3. The van der Waals surface area contributed by atoms with Gasteiger partial charge in [-0.25, -0.2) is 4.79 Å². The number of aliphatic carboxylic acids is 1. The zero-order chi connectivity index (χ0) is 26.9. The van der Waals surface area contributed by atoms with Crippen molar-refractivity contribution in [2.75, 3.05) is 36.0 Å². The fraction of sp³-hybridized carbons (Fsp3) is 0.545. The van der Waals surface area contributed by atoms with Crippen LogP contribution < -0.4 is 16.0 Å². The summed E-state index contributed by atoms with van der Waals surface area (Å²) >= 11 is 4.48. The van der Waals surface area contributed by atoms with Gasteiger partial charge in [-0.3, -0.25) is 14.4 Å². The molecule has 0 unspecified atom stereocenters. The van der Waals surface area contributed by atoms with Gasteiger partial charge in [-0.1, -0.05) is 17.2 Å². The zero-order valence-electron chi connectivity index (χ0n) is 20.4. The average Bonchev–Trinajstić information content (AvgIpc) is 2.86. The first-order chi connectivity index (χ1) is 17.3. The van der Waals surface area contributed by atoms with E-state index in [-0.39, 0.29) is 12.0 Å². The second-order valence-electron chi connectivity index (χ2n) is 7.57. The van der Waals surface area contributed by atoms with E-state index in [2.05, 4.69) is 26.0 Å². The molecule has 1 aromatic rings. The lowest BCUT2D eigenvalue weighted by atomic mass is 10.1. The normalized spacial score (nSPS) is 13.0. The maximum absolute atomic E-state index is 13.1. The number of nitrogens with zero attached hydrogens (tertiary/aromatic N) is 3. The number of hydrogen-bond donors (Lipinski definition) is 4. The van der Waals surface area contributed by atoms with Gasteiger partial charge in [0.15, 0.2) is 0 Å². The van der Waals surface area contributed by atoms with Crippen LogP contribution in [0.4, 0.5) is 5.69 Å². The Balaban J connectivity index is 2.98. The Morgan fingerprint density at radius 3 is 1.72 bits per heavy atom. The van der Waals surface area contributed by atoms with Gasteiger partial charge in [0.1, 0.15) is 18.1 Å². The number of hydrogen-bond acceptors (Lipinski definition) is 8. The van der Waals surface area contributed by atoms with Crippen LogP contribution in [0.1, 0.15) is 29.6 Å². The average molecular weight is 557 g/mol. The minimum atomic E-state index is -1.14. The molecule has 0 aliphatic heterocycles. The van der Waals surface area contributed by atoms with Crippen LogP contribution in [-0.2, 0) is 14.4 Å². The fourth-order valence-corrected chi connectivity index (χ4v) is 4.43. The van der Waals surface area contributed by atoms with E-state index in [1.54, 1.807) is 0 Å². The lowest BCUT2D eigenvalue weighted by Crippen LogP contribution is -2.56. The SMILES string of the molecule is CSCC[C@H](NC(=O)[C@H](CCSC)NC(=O)[C@H](CCSC)NC(=O)c1ccc(N=[N+]=[N-])cc1)C(=O)O. The molecule has 0 saturated carbocycles. The van der Waals surface area contributed by atoms with Gasteiger partial charge in [0.05, 0.1) is 0 Å². The molecule has 198 valence electrons. The summed E-state index contributed by atoms with van der Waals surface area (Å²) in [4.78, 5) is 53.0. The topological polar surface area (TPSA) is 173 Å². The number of thioether (sulfide) groups is 3. The summed E-state index contributed by atoms with van der Waals surface area (Å²) in [6.45, 7) is 0. The number of carbonyl (C=O) groups excluding carboxylic acids is 3. The van der Waals surface area contributed by atoms with Gasteiger partial charge in [0, 0.05) is 16.2 Å². The van der Waals surface area contributed by atoms with Gasteiger partial charge >= 0.3 is 5.97 Å². The number of rotatable bonds is 17. The van der Waals surface area contributed by atoms with Crippen LogP contribution in [0.25, 0.3) is 10.4 Å². The number of benzene rings is 1. The molecule has 11 nitrogen and oxygen atoms in total. The molecule has 14 heteroatoms. The number of carboxylic acid groups (broad SMARTS) is 1. The number of carbonyl (C=O) groups is 4. The number of azide groups is 1. The van der Waals surface area contributed by atoms with Crippen molar-refractivity contribution < 1.29 is 24.3 Å². The Morgan fingerprint density at radius 2 is 1.28 bits per heavy atom. The summed E-state index contributed by atoms with van der Waals surface area (Å²) in [5.41, 5.74) is 9.15. The van der Waals surface area contributed by atoms with E-state index < -0.39 is 41.8 Å². The molecule has 0 heterocycles. The van der Waals surface area contributed by atoms with E-state index >= 15 is 0 Å². The summed E-state index contributed by atoms with van der Waals surface area (Å²) in [5.74, 6) is -1.01. The van der Waals surface area contributed by atoms with Crippen molar-refractivity contribution in [1.29, 1.82) is 0 Å². The van der Waals surface area contributed by atoms with Crippen molar-refractivity contribution in [3.63, 3.8) is 0 Å². The first kappa shape index (κ1) is 31.5. The molecule has 0 radical (unpaired) electrons. The van der Waals surface area contributed by atoms with Crippen LogP contribution >= 0.6 is 35.3 Å². The van der Waals surface area contributed by atoms with Crippen molar-refractivity contribution in [3.05, 3.63) is 40.3 Å². The van der Waals surface area contributed by atoms with E-state index in [9.17, 15) is 24.3 Å². The first-order valence-electron chi connectivity index (χ1n) is 11.0. The molecule has 4 N–H and O–H groups in total. The highest BCUT2D eigenvalue weighted by Crippen LogP contribution is 2.14. The lowest BCUT2D eigenvalue weighted by molar-refractivity contribution is -0.142. The van der Waals surface area contributed by atoms with Crippen LogP contribution in [-0.4, -0.2) is 82.9 Å². The molecule has 3 amide bonds. The van der Waals surface area contributed by atoms with Crippen molar-refractivity contribution >= 4 is 64.7 Å². The molecule has 0 aliphatic rings. The highest BCUT2D eigenvalue weighted by Gasteiger charge is 2.29. The number of carboxylic acids is 1. The highest BCUT2D eigenvalue weighted by atomic mass is 32.2. The van der Waals surface area contributed by atoms with Gasteiger partial charge in [-0.05, 0) is 73.0 Å². The predicted octanol–water partition coefficient (Wildman–Crippen LogP) is 3.04. The molecule has 36 heavy (non-hydrogen) atoms. The fourth-order valence-electron chi connectivity index (χ4n) is 3.02.